The van der Waals surface area contributed by atoms with E-state index in [2.05, 4.69) is 20.9 Å². The van der Waals surface area contributed by atoms with Crippen molar-refractivity contribution in [2.45, 2.75) is 18.4 Å². The van der Waals surface area contributed by atoms with Gasteiger partial charge in [0.05, 0.1) is 16.5 Å². The molecule has 1 unspecified atom stereocenters. The number of halogens is 3. The highest BCUT2D eigenvalue weighted by Crippen LogP contribution is 2.40. The Morgan fingerprint density at radius 3 is 2.51 bits per heavy atom. The van der Waals surface area contributed by atoms with Crippen molar-refractivity contribution < 1.29 is 62.5 Å². The minimum absolute atomic E-state index is 0.0522. The number of phenolic OH excluding ortho intramolecular Hbond substituents is 2. The van der Waals surface area contributed by atoms with Gasteiger partial charge < -0.3 is 45.8 Å². The van der Waals surface area contributed by atoms with Crippen molar-refractivity contribution in [1.82, 2.24) is 30.7 Å². The Morgan fingerprint density at radius 1 is 1.08 bits per heavy atom. The van der Waals surface area contributed by atoms with Crippen LogP contribution < -0.4 is 20.6 Å². The maximum atomic E-state index is 14.6. The highest BCUT2D eigenvalue weighted by atomic mass is 35.5. The molecule has 6 amide bonds. The number of hydrogen-bond donors (Lipinski definition) is 7. The first kappa shape index (κ1) is 36.3. The number of aromatic hydroxyl groups is 2. The van der Waals surface area contributed by atoms with Crippen LogP contribution in [0.25, 0.3) is 0 Å². The van der Waals surface area contributed by atoms with Gasteiger partial charge in [-0.1, -0.05) is 17.7 Å². The maximum absolute atomic E-state index is 14.6. The van der Waals surface area contributed by atoms with Gasteiger partial charge in [-0.2, -0.15) is 0 Å². The molecule has 0 saturated carbocycles. The molecule has 17 nitrogen and oxygen atoms in total. The zero-order chi connectivity index (χ0) is 37.1. The second-order valence-corrected chi connectivity index (χ2v) is 11.5. The first-order valence-electron chi connectivity index (χ1n) is 14.9. The van der Waals surface area contributed by atoms with Gasteiger partial charge in [0.25, 0.3) is 5.91 Å². The van der Waals surface area contributed by atoms with Gasteiger partial charge in [-0.05, 0) is 36.2 Å². The molecule has 3 heterocycles. The molecule has 21 heteroatoms. The maximum Gasteiger partial charge on any atom is 0.547 e. The molecule has 51 heavy (non-hydrogen) atoms. The summed E-state index contributed by atoms with van der Waals surface area (Å²) in [5.41, 5.74) is -1.16. The van der Waals surface area contributed by atoms with Crippen molar-refractivity contribution in [1.29, 1.82) is 0 Å². The molecule has 0 bridgehead atoms. The normalized spacial score (nSPS) is 16.2. The van der Waals surface area contributed by atoms with Crippen LogP contribution in [0.5, 0.6) is 17.2 Å². The van der Waals surface area contributed by atoms with Crippen LogP contribution in [0.15, 0.2) is 42.7 Å². The number of hydrogen-bond acceptors (Lipinski definition) is 11. The van der Waals surface area contributed by atoms with Crippen LogP contribution in [-0.2, 0) is 20.8 Å². The zero-order valence-corrected chi connectivity index (χ0v) is 26.7. The lowest BCUT2D eigenvalue weighted by atomic mass is 9.72. The summed E-state index contributed by atoms with van der Waals surface area (Å²) in [5, 5.41) is 46.2. The number of aromatic nitrogens is 1. The summed E-state index contributed by atoms with van der Waals surface area (Å²) in [4.78, 5) is 82.1. The second kappa shape index (κ2) is 14.8. The van der Waals surface area contributed by atoms with Gasteiger partial charge in [-0.3, -0.25) is 29.1 Å². The van der Waals surface area contributed by atoms with Gasteiger partial charge in [0.2, 0.25) is 5.91 Å². The minimum atomic E-state index is -2.06. The predicted molar refractivity (Wildman–Crippen MR) is 168 cm³/mol. The van der Waals surface area contributed by atoms with Crippen LogP contribution >= 0.6 is 11.6 Å². The number of carboxylic acid groups (broad SMARTS) is 1. The van der Waals surface area contributed by atoms with Crippen molar-refractivity contribution in [3.8, 4) is 17.2 Å². The van der Waals surface area contributed by atoms with Gasteiger partial charge in [-0.15, -0.1) is 0 Å². The molecule has 5 rings (SSSR count). The Hall–Kier alpha value is -6.02. The van der Waals surface area contributed by atoms with E-state index in [1.807, 2.05) is 0 Å². The summed E-state index contributed by atoms with van der Waals surface area (Å²) in [6.45, 7) is -0.729. The highest BCUT2D eigenvalue weighted by molar-refractivity contribution is 6.47. The van der Waals surface area contributed by atoms with Crippen molar-refractivity contribution in [3.05, 3.63) is 81.6 Å². The van der Waals surface area contributed by atoms with Crippen molar-refractivity contribution in [2.75, 3.05) is 26.2 Å². The first-order chi connectivity index (χ1) is 24.2. The van der Waals surface area contributed by atoms with E-state index in [0.717, 1.165) is 17.0 Å². The number of rotatable bonds is 9. The summed E-state index contributed by atoms with van der Waals surface area (Å²) < 4.78 is 34.0. The SMILES string of the molecule is O=C(NCCN1CCN(C(=O)NC(C(=O)N[C@H]2Cc3ccc(F)c(C(=O)O)c3OB2O)c2cc(F)c(O)c(O)c2Cl)C(=O)C1=O)c1cccnc1. The highest BCUT2D eigenvalue weighted by Gasteiger charge is 2.42. The minimum Gasteiger partial charge on any atom is -0.534 e. The van der Waals surface area contributed by atoms with E-state index in [4.69, 9.17) is 16.3 Å². The fraction of sp³-hybridized carbons (Fsp3) is 0.233. The monoisotopic (exact) mass is 730 g/mol. The summed E-state index contributed by atoms with van der Waals surface area (Å²) in [6.07, 6.45) is 2.48. The molecular formula is C30H26BClF2N6O11. The van der Waals surface area contributed by atoms with E-state index in [1.54, 1.807) is 6.07 Å². The molecule has 1 aromatic heterocycles. The first-order valence-corrected chi connectivity index (χ1v) is 15.3. The number of amides is 6. The van der Waals surface area contributed by atoms with Gasteiger partial charge in [0.15, 0.2) is 17.3 Å². The van der Waals surface area contributed by atoms with Crippen LogP contribution in [0.2, 0.25) is 5.02 Å². The third kappa shape index (κ3) is 7.45. The molecule has 0 spiro atoms. The van der Waals surface area contributed by atoms with Crippen molar-refractivity contribution in [3.63, 3.8) is 0 Å². The molecule has 2 aromatic carbocycles. The Balaban J connectivity index is 1.32. The molecule has 0 radical (unpaired) electrons. The number of fused-ring (bicyclic) bond motifs is 1. The lowest BCUT2D eigenvalue weighted by molar-refractivity contribution is -0.153. The van der Waals surface area contributed by atoms with Crippen LogP contribution in [0.4, 0.5) is 13.6 Å². The van der Waals surface area contributed by atoms with Crippen molar-refractivity contribution in [2.24, 2.45) is 0 Å². The quantitative estimate of drug-likeness (QED) is 0.0881. The smallest absolute Gasteiger partial charge is 0.534 e. The van der Waals surface area contributed by atoms with E-state index < -0.39 is 106 Å². The Bertz CT molecular complexity index is 1940. The number of pyridine rings is 1. The third-order valence-corrected chi connectivity index (χ3v) is 8.33. The standard InChI is InChI=1S/C30H26BClF2N6O11/c32-20-15(11-17(34)22(41)23(20)42)21(26(44)37-18-10-13-3-4-16(33)19(29(47)48)24(13)51-31(18)50)38-30(49)40-9-8-39(27(45)28(40)46)7-6-36-25(43)14-2-1-5-35-12-14/h1-5,11-12,18,21,41-42,50H,6-10H2,(H,36,43)(H,37,44)(H,38,49)(H,47,48)/t18-,21?/m0/s1. The number of carboxylic acids is 1. The summed E-state index contributed by atoms with van der Waals surface area (Å²) in [5.74, 6) is -12.8. The summed E-state index contributed by atoms with van der Waals surface area (Å²) in [6, 6.07) is 2.18. The largest absolute Gasteiger partial charge is 0.547 e. The molecule has 2 aliphatic rings. The number of imide groups is 1. The van der Waals surface area contributed by atoms with E-state index >= 15 is 0 Å². The van der Waals surface area contributed by atoms with Gasteiger partial charge in [0.1, 0.15) is 23.2 Å². The number of phenols is 2. The Morgan fingerprint density at radius 2 is 1.82 bits per heavy atom. The second-order valence-electron chi connectivity index (χ2n) is 11.1. The van der Waals surface area contributed by atoms with E-state index in [9.17, 15) is 57.9 Å². The number of piperazine rings is 1. The Kier molecular flexibility index (Phi) is 10.6. The predicted octanol–water partition coefficient (Wildman–Crippen LogP) is 0.114. The number of benzene rings is 2. The lowest BCUT2D eigenvalue weighted by Gasteiger charge is -2.34. The molecule has 7 N–H and O–H groups in total. The molecule has 2 aliphatic heterocycles. The number of aromatic carboxylic acids is 1. The van der Waals surface area contributed by atoms with Gasteiger partial charge >= 0.3 is 30.9 Å². The molecule has 1 fully saturated rings. The fourth-order valence-electron chi connectivity index (χ4n) is 5.33. The van der Waals surface area contributed by atoms with Crippen LogP contribution in [0, 0.1) is 11.6 Å². The number of nitrogens with zero attached hydrogens (tertiary/aromatic N) is 3. The number of carbonyl (C=O) groups is 6. The fourth-order valence-corrected chi connectivity index (χ4v) is 5.58. The molecular weight excluding hydrogens is 705 g/mol. The average molecular weight is 731 g/mol. The average Bonchev–Trinajstić information content (AvgIpc) is 3.10. The van der Waals surface area contributed by atoms with E-state index in [0.29, 0.717) is 11.0 Å². The summed E-state index contributed by atoms with van der Waals surface area (Å²) in [7, 11) is -1.97. The number of nitrogens with one attached hydrogen (secondary N) is 3. The summed E-state index contributed by atoms with van der Waals surface area (Å²) >= 11 is 6.11. The molecule has 0 aliphatic carbocycles. The lowest BCUT2D eigenvalue weighted by Crippen LogP contribution is -2.60. The van der Waals surface area contributed by atoms with Crippen LogP contribution in [0.3, 0.4) is 0 Å². The van der Waals surface area contributed by atoms with Crippen LogP contribution in [-0.4, -0.2) is 110 Å². The zero-order valence-electron chi connectivity index (χ0n) is 25.9. The molecule has 266 valence electrons. The number of carbonyl (C=O) groups excluding carboxylic acids is 5. The Labute approximate surface area is 290 Å². The van der Waals surface area contributed by atoms with Crippen molar-refractivity contribution >= 4 is 54.3 Å². The van der Waals surface area contributed by atoms with Gasteiger partial charge in [-0.25, -0.2) is 18.4 Å². The number of urea groups is 1. The van der Waals surface area contributed by atoms with Gasteiger partial charge in [0, 0.05) is 44.1 Å². The topological polar surface area (TPSA) is 248 Å². The molecule has 3 aromatic rings. The third-order valence-electron chi connectivity index (χ3n) is 7.93. The molecule has 1 saturated heterocycles. The van der Waals surface area contributed by atoms with E-state index in [-0.39, 0.29) is 37.2 Å². The van der Waals surface area contributed by atoms with E-state index in [1.165, 1.54) is 18.5 Å². The molecule has 2 atom stereocenters. The van der Waals surface area contributed by atoms with Crippen LogP contribution in [0.1, 0.15) is 37.9 Å².